The largest absolute Gasteiger partial charge is 0.341 e. The molecule has 1 aromatic heterocycles. The lowest BCUT2D eigenvalue weighted by molar-refractivity contribution is 0.155. The summed E-state index contributed by atoms with van der Waals surface area (Å²) in [5.41, 5.74) is 2.23. The van der Waals surface area contributed by atoms with Gasteiger partial charge >= 0.3 is 0 Å². The first-order chi connectivity index (χ1) is 10.4. The van der Waals surface area contributed by atoms with Gasteiger partial charge in [-0.15, -0.1) is 0 Å². The van der Waals surface area contributed by atoms with Crippen LogP contribution in [0.4, 0.5) is 0 Å². The van der Waals surface area contributed by atoms with E-state index in [0.717, 1.165) is 35.4 Å². The van der Waals surface area contributed by atoms with Gasteiger partial charge in [0.15, 0.2) is 0 Å². The zero-order valence-electron chi connectivity index (χ0n) is 12.5. The van der Waals surface area contributed by atoms with Gasteiger partial charge in [-0.25, -0.2) is 4.98 Å². The molecule has 3 heterocycles. The number of hydrogen-bond acceptors (Lipinski definition) is 3. The van der Waals surface area contributed by atoms with E-state index in [-0.39, 0.29) is 0 Å². The molecule has 21 heavy (non-hydrogen) atoms. The highest BCUT2D eigenvalue weighted by molar-refractivity contribution is 5.74. The number of piperidine rings is 1. The third-order valence-corrected chi connectivity index (χ3v) is 5.11. The van der Waals surface area contributed by atoms with Crippen LogP contribution >= 0.6 is 0 Å². The second-order valence-corrected chi connectivity index (χ2v) is 6.52. The van der Waals surface area contributed by atoms with Gasteiger partial charge in [0.1, 0.15) is 5.82 Å². The summed E-state index contributed by atoms with van der Waals surface area (Å²) in [5, 5.41) is 3.67. The molecule has 0 radical (unpaired) electrons. The van der Waals surface area contributed by atoms with E-state index in [9.17, 15) is 0 Å². The van der Waals surface area contributed by atoms with Crippen LogP contribution in [-0.2, 0) is 6.54 Å². The van der Waals surface area contributed by atoms with Crippen LogP contribution in [0.1, 0.15) is 31.5 Å². The van der Waals surface area contributed by atoms with Gasteiger partial charge in [-0.3, -0.25) is 4.90 Å². The maximum atomic E-state index is 4.69. The van der Waals surface area contributed by atoms with Crippen LogP contribution in [0, 0.1) is 5.92 Å². The molecule has 4 heteroatoms. The average Bonchev–Trinajstić information content (AvgIpc) is 3.17. The monoisotopic (exact) mass is 284 g/mol. The minimum absolute atomic E-state index is 0.790. The molecule has 2 saturated heterocycles. The average molecular weight is 284 g/mol. The number of aromatic amines is 1. The van der Waals surface area contributed by atoms with Crippen LogP contribution in [0.3, 0.4) is 0 Å². The van der Waals surface area contributed by atoms with Crippen molar-refractivity contribution in [3.63, 3.8) is 0 Å². The van der Waals surface area contributed by atoms with Crippen molar-refractivity contribution in [3.05, 3.63) is 30.1 Å². The Bertz CT molecular complexity index is 559. The third-order valence-electron chi connectivity index (χ3n) is 5.11. The van der Waals surface area contributed by atoms with Crippen LogP contribution < -0.4 is 5.32 Å². The van der Waals surface area contributed by atoms with Crippen LogP contribution in [-0.4, -0.2) is 40.5 Å². The molecule has 0 saturated carbocycles. The first-order valence-corrected chi connectivity index (χ1v) is 8.28. The van der Waals surface area contributed by atoms with Crippen LogP contribution in [0.2, 0.25) is 0 Å². The van der Waals surface area contributed by atoms with Gasteiger partial charge in [0.2, 0.25) is 0 Å². The Hall–Kier alpha value is -1.39. The Morgan fingerprint density at radius 1 is 1.14 bits per heavy atom. The summed E-state index contributed by atoms with van der Waals surface area (Å²) in [4.78, 5) is 10.7. The highest BCUT2D eigenvalue weighted by atomic mass is 15.2. The van der Waals surface area contributed by atoms with Crippen LogP contribution in [0.15, 0.2) is 24.3 Å². The van der Waals surface area contributed by atoms with Crippen molar-refractivity contribution in [3.8, 4) is 0 Å². The minimum Gasteiger partial charge on any atom is -0.341 e. The lowest BCUT2D eigenvalue weighted by atomic mass is 9.88. The number of rotatable bonds is 3. The third kappa shape index (κ3) is 2.83. The zero-order valence-corrected chi connectivity index (χ0v) is 12.5. The molecule has 2 aliphatic heterocycles. The molecule has 2 fully saturated rings. The molecular weight excluding hydrogens is 260 g/mol. The highest BCUT2D eigenvalue weighted by Gasteiger charge is 2.28. The quantitative estimate of drug-likeness (QED) is 0.910. The first-order valence-electron chi connectivity index (χ1n) is 8.28. The van der Waals surface area contributed by atoms with Crippen molar-refractivity contribution in [2.75, 3.05) is 19.6 Å². The van der Waals surface area contributed by atoms with Gasteiger partial charge in [-0.1, -0.05) is 12.1 Å². The number of imidazole rings is 1. The van der Waals surface area contributed by atoms with Gasteiger partial charge in [-0.2, -0.15) is 0 Å². The summed E-state index contributed by atoms with van der Waals surface area (Å²) >= 11 is 0. The van der Waals surface area contributed by atoms with Crippen molar-refractivity contribution in [1.29, 1.82) is 0 Å². The molecule has 2 aromatic rings. The van der Waals surface area contributed by atoms with E-state index < -0.39 is 0 Å². The Balaban J connectivity index is 1.35. The summed E-state index contributed by atoms with van der Waals surface area (Å²) in [6, 6.07) is 9.08. The maximum Gasteiger partial charge on any atom is 0.121 e. The predicted molar refractivity (Wildman–Crippen MR) is 85.1 cm³/mol. The van der Waals surface area contributed by atoms with Crippen molar-refractivity contribution in [2.24, 2.45) is 5.92 Å². The number of benzene rings is 1. The number of nitrogens with one attached hydrogen (secondary N) is 2. The van der Waals surface area contributed by atoms with Crippen molar-refractivity contribution >= 4 is 11.0 Å². The molecule has 0 amide bonds. The first kappa shape index (κ1) is 13.3. The van der Waals surface area contributed by atoms with Gasteiger partial charge < -0.3 is 10.3 Å². The fourth-order valence-corrected chi connectivity index (χ4v) is 3.92. The maximum absolute atomic E-state index is 4.69. The Kier molecular flexibility index (Phi) is 3.65. The molecule has 0 spiro atoms. The number of nitrogens with zero attached hydrogens (tertiary/aromatic N) is 2. The fraction of sp³-hybridized carbons (Fsp3) is 0.588. The second kappa shape index (κ2) is 5.78. The Labute approximate surface area is 125 Å². The van der Waals surface area contributed by atoms with Gasteiger partial charge in [-0.05, 0) is 63.4 Å². The molecule has 4 nitrogen and oxygen atoms in total. The number of hydrogen-bond donors (Lipinski definition) is 2. The highest BCUT2D eigenvalue weighted by Crippen LogP contribution is 2.26. The van der Waals surface area contributed by atoms with Gasteiger partial charge in [0, 0.05) is 6.04 Å². The molecule has 1 aromatic carbocycles. The van der Waals surface area contributed by atoms with Crippen molar-refractivity contribution in [1.82, 2.24) is 20.2 Å². The molecule has 112 valence electrons. The molecule has 1 unspecified atom stereocenters. The molecule has 0 aliphatic carbocycles. The summed E-state index contributed by atoms with van der Waals surface area (Å²) < 4.78 is 0. The number of H-pyrrole nitrogens is 1. The van der Waals surface area contributed by atoms with Crippen molar-refractivity contribution in [2.45, 2.75) is 38.3 Å². The van der Waals surface area contributed by atoms with E-state index in [4.69, 9.17) is 4.98 Å². The van der Waals surface area contributed by atoms with E-state index in [1.165, 1.54) is 45.3 Å². The Morgan fingerprint density at radius 2 is 2.00 bits per heavy atom. The molecular formula is C17H24N4. The lowest BCUT2D eigenvalue weighted by Crippen LogP contribution is -2.40. The smallest absolute Gasteiger partial charge is 0.121 e. The summed E-state index contributed by atoms with van der Waals surface area (Å²) in [6.07, 6.45) is 5.41. The van der Waals surface area contributed by atoms with E-state index >= 15 is 0 Å². The number of likely N-dealkylation sites (tertiary alicyclic amines) is 1. The fourth-order valence-electron chi connectivity index (χ4n) is 3.92. The summed E-state index contributed by atoms with van der Waals surface area (Å²) in [7, 11) is 0. The predicted octanol–water partition coefficient (Wildman–Crippen LogP) is 2.53. The Morgan fingerprint density at radius 3 is 2.76 bits per heavy atom. The SMILES string of the molecule is c1ccc2[nH]c(CN3CCC(C4CCCN4)CC3)nc2c1. The number of fused-ring (bicyclic) bond motifs is 1. The van der Waals surface area contributed by atoms with Crippen LogP contribution in [0.25, 0.3) is 11.0 Å². The van der Waals surface area contributed by atoms with Crippen molar-refractivity contribution < 1.29 is 0 Å². The van der Waals surface area contributed by atoms with Crippen LogP contribution in [0.5, 0.6) is 0 Å². The van der Waals surface area contributed by atoms with E-state index in [0.29, 0.717) is 0 Å². The van der Waals surface area contributed by atoms with Gasteiger partial charge in [0.25, 0.3) is 0 Å². The second-order valence-electron chi connectivity index (χ2n) is 6.52. The lowest BCUT2D eigenvalue weighted by Gasteiger charge is -2.34. The van der Waals surface area contributed by atoms with E-state index in [2.05, 4.69) is 33.4 Å². The normalized spacial score (nSPS) is 24.9. The number of aromatic nitrogens is 2. The molecule has 0 bridgehead atoms. The minimum atomic E-state index is 0.790. The molecule has 1 atom stereocenters. The summed E-state index contributed by atoms with van der Waals surface area (Å²) in [5.74, 6) is 1.99. The summed E-state index contributed by atoms with van der Waals surface area (Å²) in [6.45, 7) is 4.60. The molecule has 2 N–H and O–H groups in total. The topological polar surface area (TPSA) is 44.0 Å². The zero-order chi connectivity index (χ0) is 14.1. The van der Waals surface area contributed by atoms with Gasteiger partial charge in [0.05, 0.1) is 17.6 Å². The molecule has 4 rings (SSSR count). The molecule has 2 aliphatic rings. The van der Waals surface area contributed by atoms with E-state index in [1.54, 1.807) is 0 Å². The number of para-hydroxylation sites is 2. The van der Waals surface area contributed by atoms with E-state index in [1.807, 2.05) is 6.07 Å². The standard InChI is InChI=1S/C17H24N4/c1-2-5-16-15(4-1)19-17(20-16)12-21-10-7-13(8-11-21)14-6-3-9-18-14/h1-2,4-5,13-14,18H,3,6-12H2,(H,19,20).